The summed E-state index contributed by atoms with van der Waals surface area (Å²) >= 11 is 0. The molecule has 0 saturated carbocycles. The van der Waals surface area contributed by atoms with E-state index in [1.165, 1.54) is 0 Å². The molecule has 5 heteroatoms. The zero-order valence-electron chi connectivity index (χ0n) is 10.7. The van der Waals surface area contributed by atoms with Gasteiger partial charge in [-0.25, -0.2) is 4.79 Å². The van der Waals surface area contributed by atoms with E-state index in [2.05, 4.69) is 0 Å². The SMILES string of the molecule is CCOCOC(=O)c1cccc(OCOCC)c1. The van der Waals surface area contributed by atoms with E-state index in [-0.39, 0.29) is 13.6 Å². The maximum absolute atomic E-state index is 11.6. The van der Waals surface area contributed by atoms with Crippen molar-refractivity contribution in [1.29, 1.82) is 0 Å². The van der Waals surface area contributed by atoms with Crippen molar-refractivity contribution >= 4 is 5.97 Å². The smallest absolute Gasteiger partial charge is 0.340 e. The van der Waals surface area contributed by atoms with Crippen LogP contribution in [0.1, 0.15) is 24.2 Å². The number of carbonyl (C=O) groups excluding carboxylic acids is 1. The van der Waals surface area contributed by atoms with Gasteiger partial charge in [-0.05, 0) is 32.0 Å². The van der Waals surface area contributed by atoms with Crippen molar-refractivity contribution in [3.05, 3.63) is 29.8 Å². The van der Waals surface area contributed by atoms with Gasteiger partial charge in [0.1, 0.15) is 5.75 Å². The third kappa shape index (κ3) is 5.16. The fourth-order valence-corrected chi connectivity index (χ4v) is 1.17. The maximum atomic E-state index is 11.6. The van der Waals surface area contributed by atoms with Gasteiger partial charge in [-0.3, -0.25) is 0 Å². The number of ether oxygens (including phenoxy) is 4. The fraction of sp³-hybridized carbons (Fsp3) is 0.462. The summed E-state index contributed by atoms with van der Waals surface area (Å²) in [5, 5.41) is 0. The fourth-order valence-electron chi connectivity index (χ4n) is 1.17. The third-order valence-corrected chi connectivity index (χ3v) is 2.06. The van der Waals surface area contributed by atoms with Crippen LogP contribution in [0.25, 0.3) is 0 Å². The molecular formula is C13H18O5. The van der Waals surface area contributed by atoms with Crippen LogP contribution in [0.15, 0.2) is 24.3 Å². The van der Waals surface area contributed by atoms with Crippen molar-refractivity contribution in [3.63, 3.8) is 0 Å². The molecule has 1 aromatic rings. The van der Waals surface area contributed by atoms with Gasteiger partial charge >= 0.3 is 5.97 Å². The number of hydrogen-bond acceptors (Lipinski definition) is 5. The first-order valence-corrected chi connectivity index (χ1v) is 5.83. The standard InChI is InChI=1S/C13H18O5/c1-3-15-9-17-12-7-5-6-11(8-12)13(14)18-10-16-4-2/h5-8H,3-4,9-10H2,1-2H3. The molecule has 0 bridgehead atoms. The van der Waals surface area contributed by atoms with E-state index >= 15 is 0 Å². The lowest BCUT2D eigenvalue weighted by molar-refractivity contribution is -0.0275. The van der Waals surface area contributed by atoms with Gasteiger partial charge in [0.2, 0.25) is 0 Å². The molecule has 0 heterocycles. The molecule has 0 aliphatic carbocycles. The average Bonchev–Trinajstić information content (AvgIpc) is 2.39. The van der Waals surface area contributed by atoms with E-state index < -0.39 is 5.97 Å². The largest absolute Gasteiger partial charge is 0.468 e. The molecule has 0 saturated heterocycles. The lowest BCUT2D eigenvalue weighted by atomic mass is 10.2. The van der Waals surface area contributed by atoms with Gasteiger partial charge in [0.15, 0.2) is 13.6 Å². The topological polar surface area (TPSA) is 54.0 Å². The lowest BCUT2D eigenvalue weighted by Crippen LogP contribution is -2.09. The molecule has 0 unspecified atom stereocenters. The molecule has 5 nitrogen and oxygen atoms in total. The Hall–Kier alpha value is -1.59. The Morgan fingerprint density at radius 1 is 1.11 bits per heavy atom. The highest BCUT2D eigenvalue weighted by Crippen LogP contribution is 2.14. The summed E-state index contributed by atoms with van der Waals surface area (Å²) in [6, 6.07) is 6.73. The highest BCUT2D eigenvalue weighted by Gasteiger charge is 2.07. The minimum Gasteiger partial charge on any atom is -0.468 e. The number of carbonyl (C=O) groups is 1. The normalized spacial score (nSPS) is 10.1. The molecule has 0 radical (unpaired) electrons. The van der Waals surface area contributed by atoms with Crippen LogP contribution in [0.4, 0.5) is 0 Å². The Kier molecular flexibility index (Phi) is 6.83. The van der Waals surface area contributed by atoms with E-state index in [9.17, 15) is 4.79 Å². The van der Waals surface area contributed by atoms with Crippen molar-refractivity contribution in [2.45, 2.75) is 13.8 Å². The first-order chi connectivity index (χ1) is 8.77. The molecule has 0 N–H and O–H groups in total. The summed E-state index contributed by atoms with van der Waals surface area (Å²) in [7, 11) is 0. The molecule has 0 spiro atoms. The van der Waals surface area contributed by atoms with Crippen LogP contribution in [0.3, 0.4) is 0 Å². The van der Waals surface area contributed by atoms with E-state index in [0.717, 1.165) is 0 Å². The molecule has 18 heavy (non-hydrogen) atoms. The van der Waals surface area contributed by atoms with Gasteiger partial charge in [0.25, 0.3) is 0 Å². The molecule has 0 atom stereocenters. The van der Waals surface area contributed by atoms with Gasteiger partial charge in [-0.2, -0.15) is 0 Å². The molecule has 0 aliphatic rings. The van der Waals surface area contributed by atoms with Crippen LogP contribution in [0, 0.1) is 0 Å². The second-order valence-electron chi connectivity index (χ2n) is 3.33. The monoisotopic (exact) mass is 254 g/mol. The molecule has 0 amide bonds. The van der Waals surface area contributed by atoms with Crippen molar-refractivity contribution in [1.82, 2.24) is 0 Å². The van der Waals surface area contributed by atoms with Gasteiger partial charge in [0, 0.05) is 13.2 Å². The highest BCUT2D eigenvalue weighted by atomic mass is 16.7. The number of rotatable bonds is 8. The van der Waals surface area contributed by atoms with E-state index in [4.69, 9.17) is 18.9 Å². The number of esters is 1. The van der Waals surface area contributed by atoms with Gasteiger partial charge in [-0.15, -0.1) is 0 Å². The highest BCUT2D eigenvalue weighted by molar-refractivity contribution is 5.89. The van der Waals surface area contributed by atoms with Crippen molar-refractivity contribution in [2.24, 2.45) is 0 Å². The van der Waals surface area contributed by atoms with Crippen molar-refractivity contribution < 1.29 is 23.7 Å². The van der Waals surface area contributed by atoms with E-state index in [1.807, 2.05) is 13.8 Å². The summed E-state index contributed by atoms with van der Waals surface area (Å²) in [5.74, 6) is 0.125. The first-order valence-electron chi connectivity index (χ1n) is 5.83. The molecule has 1 aromatic carbocycles. The Morgan fingerprint density at radius 3 is 2.56 bits per heavy atom. The van der Waals surface area contributed by atoms with Crippen LogP contribution >= 0.6 is 0 Å². The molecule has 0 aliphatic heterocycles. The van der Waals surface area contributed by atoms with E-state index in [1.54, 1.807) is 24.3 Å². The van der Waals surface area contributed by atoms with Gasteiger partial charge in [0.05, 0.1) is 5.56 Å². The minimum absolute atomic E-state index is 0.0423. The summed E-state index contributed by atoms with van der Waals surface area (Å²) in [5.41, 5.74) is 0.420. The van der Waals surface area contributed by atoms with Crippen LogP contribution < -0.4 is 4.74 Å². The summed E-state index contributed by atoms with van der Waals surface area (Å²) < 4.78 is 20.2. The van der Waals surface area contributed by atoms with Gasteiger partial charge < -0.3 is 18.9 Å². The quantitative estimate of drug-likeness (QED) is 0.404. The average molecular weight is 254 g/mol. The Balaban J connectivity index is 2.49. The van der Waals surface area contributed by atoms with E-state index in [0.29, 0.717) is 24.5 Å². The molecule has 0 aromatic heterocycles. The zero-order chi connectivity index (χ0) is 13.2. The number of hydrogen-bond donors (Lipinski definition) is 0. The Labute approximate surface area is 107 Å². The van der Waals surface area contributed by atoms with Crippen LogP contribution in [0.2, 0.25) is 0 Å². The summed E-state index contributed by atoms with van der Waals surface area (Å²) in [4.78, 5) is 11.6. The Bertz CT molecular complexity index is 364. The van der Waals surface area contributed by atoms with Crippen molar-refractivity contribution in [3.8, 4) is 5.75 Å². The molecule has 0 fully saturated rings. The summed E-state index contributed by atoms with van der Waals surface area (Å²) in [6.45, 7) is 4.91. The second-order valence-corrected chi connectivity index (χ2v) is 3.33. The van der Waals surface area contributed by atoms with Crippen molar-refractivity contribution in [2.75, 3.05) is 26.8 Å². The molecule has 1 rings (SSSR count). The predicted molar refractivity (Wildman–Crippen MR) is 65.5 cm³/mol. The third-order valence-electron chi connectivity index (χ3n) is 2.06. The second kappa shape index (κ2) is 8.49. The van der Waals surface area contributed by atoms with Crippen LogP contribution in [-0.4, -0.2) is 32.8 Å². The Morgan fingerprint density at radius 2 is 1.83 bits per heavy atom. The molecular weight excluding hydrogens is 236 g/mol. The number of benzene rings is 1. The first kappa shape index (κ1) is 14.5. The lowest BCUT2D eigenvalue weighted by Gasteiger charge is -2.08. The maximum Gasteiger partial charge on any atom is 0.340 e. The summed E-state index contributed by atoms with van der Waals surface area (Å²) in [6.07, 6.45) is 0. The predicted octanol–water partition coefficient (Wildman–Crippen LogP) is 2.21. The zero-order valence-corrected chi connectivity index (χ0v) is 10.7. The minimum atomic E-state index is -0.440. The van der Waals surface area contributed by atoms with Gasteiger partial charge in [-0.1, -0.05) is 6.07 Å². The molecule has 100 valence electrons. The van der Waals surface area contributed by atoms with Crippen LogP contribution in [0.5, 0.6) is 5.75 Å². The van der Waals surface area contributed by atoms with Crippen LogP contribution in [-0.2, 0) is 14.2 Å².